The minimum absolute atomic E-state index is 0.178. The summed E-state index contributed by atoms with van der Waals surface area (Å²) in [6.07, 6.45) is -19.3. The van der Waals surface area contributed by atoms with Crippen molar-refractivity contribution in [1.29, 1.82) is 0 Å². The van der Waals surface area contributed by atoms with Crippen molar-refractivity contribution in [2.45, 2.75) is 137 Å². The lowest BCUT2D eigenvalue weighted by molar-refractivity contribution is -0.380. The van der Waals surface area contributed by atoms with E-state index in [9.17, 15) is 55.9 Å². The summed E-state index contributed by atoms with van der Waals surface area (Å²) in [5, 5.41) is 103. The van der Waals surface area contributed by atoms with Crippen LogP contribution in [0.2, 0.25) is 0 Å². The highest BCUT2D eigenvalue weighted by molar-refractivity contribution is 5.68. The number of ether oxygens (including phenoxy) is 7. The Hall–Kier alpha value is -1.17. The summed E-state index contributed by atoms with van der Waals surface area (Å²) < 4.78 is 37.9. The molecule has 0 unspecified atom stereocenters. The summed E-state index contributed by atoms with van der Waals surface area (Å²) in [5.74, 6) is -0.240. The summed E-state index contributed by atoms with van der Waals surface area (Å²) in [4.78, 5) is 11.1. The maximum absolute atomic E-state index is 11.1. The molecule has 3 fully saturated rings. The van der Waals surface area contributed by atoms with Crippen LogP contribution in [0.3, 0.4) is 0 Å². The van der Waals surface area contributed by atoms with E-state index < -0.39 is 112 Å². The second-order valence-electron chi connectivity index (χ2n) is 11.6. The monoisotopic (exact) mass is 674 g/mol. The zero-order valence-electron chi connectivity index (χ0n) is 25.7. The Balaban J connectivity index is 1.55. The van der Waals surface area contributed by atoms with Gasteiger partial charge in [-0.2, -0.15) is 0 Å². The Morgan fingerprint density at radius 1 is 0.543 bits per heavy atom. The summed E-state index contributed by atoms with van der Waals surface area (Å²) >= 11 is 0. The molecule has 0 aromatic carbocycles. The number of esters is 1. The van der Waals surface area contributed by atoms with Gasteiger partial charge in [-0.3, -0.25) is 4.79 Å². The lowest BCUT2D eigenvalue weighted by atomic mass is 9.96. The molecular formula is C28H50O18. The van der Waals surface area contributed by atoms with Crippen LogP contribution in [0.25, 0.3) is 0 Å². The highest BCUT2D eigenvalue weighted by Crippen LogP contribution is 2.32. The van der Waals surface area contributed by atoms with E-state index in [1.165, 1.54) is 7.11 Å². The van der Waals surface area contributed by atoms with Gasteiger partial charge >= 0.3 is 5.97 Å². The lowest BCUT2D eigenvalue weighted by Gasteiger charge is -2.48. The summed E-state index contributed by atoms with van der Waals surface area (Å²) in [7, 11) is 1.35. The molecule has 0 radical (unpaired) electrons. The van der Waals surface area contributed by atoms with E-state index in [0.29, 0.717) is 12.8 Å². The number of carbonyl (C=O) groups excluding carboxylic acids is 1. The molecule has 0 aliphatic carbocycles. The molecule has 0 spiro atoms. The third-order valence-electron chi connectivity index (χ3n) is 8.36. The van der Waals surface area contributed by atoms with Crippen molar-refractivity contribution in [3.8, 4) is 0 Å². The van der Waals surface area contributed by atoms with Crippen molar-refractivity contribution < 1.29 is 89.0 Å². The summed E-state index contributed by atoms with van der Waals surface area (Å²) in [5.41, 5.74) is 0. The van der Waals surface area contributed by atoms with Gasteiger partial charge in [0, 0.05) is 13.0 Å². The first-order valence-corrected chi connectivity index (χ1v) is 15.5. The fourth-order valence-corrected chi connectivity index (χ4v) is 5.55. The molecule has 15 atom stereocenters. The minimum Gasteiger partial charge on any atom is -0.469 e. The molecule has 3 saturated heterocycles. The van der Waals surface area contributed by atoms with Crippen LogP contribution in [0.1, 0.15) is 44.9 Å². The van der Waals surface area contributed by atoms with Crippen LogP contribution in [0, 0.1) is 0 Å². The number of methoxy groups -OCH3 is 1. The Morgan fingerprint density at radius 3 is 1.65 bits per heavy atom. The zero-order valence-corrected chi connectivity index (χ0v) is 25.7. The number of unbranched alkanes of at least 4 members (excludes halogenated alkanes) is 5. The second kappa shape index (κ2) is 19.1. The first-order valence-electron chi connectivity index (χ1n) is 15.5. The van der Waals surface area contributed by atoms with Gasteiger partial charge in [-0.15, -0.1) is 0 Å². The molecule has 0 aromatic heterocycles. The van der Waals surface area contributed by atoms with Gasteiger partial charge in [-0.1, -0.05) is 25.7 Å². The maximum atomic E-state index is 11.1. The van der Waals surface area contributed by atoms with Crippen molar-refractivity contribution in [3.63, 3.8) is 0 Å². The minimum atomic E-state index is -1.90. The Morgan fingerprint density at radius 2 is 1.04 bits per heavy atom. The van der Waals surface area contributed by atoms with Crippen molar-refractivity contribution in [2.24, 2.45) is 0 Å². The number of hydrogen-bond donors (Lipinski definition) is 10. The lowest BCUT2D eigenvalue weighted by Crippen LogP contribution is -2.66. The molecule has 3 aliphatic heterocycles. The number of aliphatic hydroxyl groups is 10. The molecule has 3 heterocycles. The Labute approximate surface area is 265 Å². The number of aliphatic hydroxyl groups excluding tert-OH is 10. The van der Waals surface area contributed by atoms with Gasteiger partial charge in [0.15, 0.2) is 18.9 Å². The van der Waals surface area contributed by atoms with Crippen molar-refractivity contribution >= 4 is 5.97 Å². The van der Waals surface area contributed by atoms with Gasteiger partial charge in [0.2, 0.25) is 0 Å². The molecule has 0 amide bonds. The zero-order chi connectivity index (χ0) is 34.0. The van der Waals surface area contributed by atoms with Gasteiger partial charge in [0.1, 0.15) is 73.2 Å². The van der Waals surface area contributed by atoms with Gasteiger partial charge in [-0.25, -0.2) is 0 Å². The van der Waals surface area contributed by atoms with Crippen LogP contribution >= 0.6 is 0 Å². The first kappa shape index (κ1) is 39.3. The van der Waals surface area contributed by atoms with E-state index >= 15 is 0 Å². The smallest absolute Gasteiger partial charge is 0.305 e. The van der Waals surface area contributed by atoms with Crippen LogP contribution in [0.5, 0.6) is 0 Å². The summed E-state index contributed by atoms with van der Waals surface area (Å²) in [6, 6.07) is 0. The molecular weight excluding hydrogens is 624 g/mol. The molecule has 0 saturated carbocycles. The quantitative estimate of drug-likeness (QED) is 0.0513. The van der Waals surface area contributed by atoms with Gasteiger partial charge in [0.25, 0.3) is 0 Å². The average molecular weight is 675 g/mol. The molecule has 3 rings (SSSR count). The number of hydrogen-bond acceptors (Lipinski definition) is 18. The van der Waals surface area contributed by atoms with E-state index in [0.717, 1.165) is 32.1 Å². The topological polar surface area (TPSA) is 284 Å². The Kier molecular flexibility index (Phi) is 16.3. The third-order valence-corrected chi connectivity index (χ3v) is 8.36. The third kappa shape index (κ3) is 9.94. The fraction of sp³-hybridized carbons (Fsp3) is 0.964. The maximum Gasteiger partial charge on any atom is 0.305 e. The van der Waals surface area contributed by atoms with Crippen LogP contribution < -0.4 is 0 Å². The first-order chi connectivity index (χ1) is 22.0. The van der Waals surface area contributed by atoms with E-state index in [1.54, 1.807) is 0 Å². The normalized spacial score (nSPS) is 41.8. The van der Waals surface area contributed by atoms with Crippen molar-refractivity contribution in [2.75, 3.05) is 33.5 Å². The van der Waals surface area contributed by atoms with Crippen LogP contribution in [-0.4, -0.2) is 183 Å². The van der Waals surface area contributed by atoms with Crippen LogP contribution in [0.4, 0.5) is 0 Å². The number of rotatable bonds is 17. The van der Waals surface area contributed by atoms with E-state index in [-0.39, 0.29) is 12.6 Å². The van der Waals surface area contributed by atoms with Gasteiger partial charge in [-0.05, 0) is 12.8 Å². The average Bonchev–Trinajstić information content (AvgIpc) is 3.05. The number of carbonyl (C=O) groups is 1. The van der Waals surface area contributed by atoms with E-state index in [1.807, 2.05) is 0 Å². The second-order valence-corrected chi connectivity index (χ2v) is 11.6. The molecule has 270 valence electrons. The predicted octanol–water partition coefficient (Wildman–Crippen LogP) is -4.64. The van der Waals surface area contributed by atoms with Crippen molar-refractivity contribution in [1.82, 2.24) is 0 Å². The summed E-state index contributed by atoms with van der Waals surface area (Å²) in [6.45, 7) is -2.09. The standard InChI is InChI=1S/C28H50O18/c1-40-16(32)8-6-4-2-3-5-7-9-41-26-22(38)20(36)24(15(12-31)44-26)45-28-23(39)25(18(34)14(11-30)43-28)46-27-21(37)19(35)17(33)13(10-29)42-27/h13-15,17-31,33-39H,2-12H2,1H3/t13-,14-,15-,17+,18+,19+,20-,21-,22-,23-,24-,25+,26-,27-,28+/m1/s1. The van der Waals surface area contributed by atoms with Gasteiger partial charge < -0.3 is 84.2 Å². The highest BCUT2D eigenvalue weighted by atomic mass is 16.8. The SMILES string of the molecule is COC(=O)CCCCCCCCO[C@@H]1O[C@H](CO)[C@@H](O[C@@H]2O[C@H](CO)[C@H](O)[C@H](O[C@H]3O[C@H](CO)[C@H](O)[C@H](O)[C@H]3O)[C@H]2O)[C@H](O)[C@H]1O. The molecule has 10 N–H and O–H groups in total. The van der Waals surface area contributed by atoms with Crippen molar-refractivity contribution in [3.05, 3.63) is 0 Å². The highest BCUT2D eigenvalue weighted by Gasteiger charge is 2.53. The van der Waals surface area contributed by atoms with E-state index in [4.69, 9.17) is 28.4 Å². The predicted molar refractivity (Wildman–Crippen MR) is 149 cm³/mol. The van der Waals surface area contributed by atoms with Crippen LogP contribution in [0.15, 0.2) is 0 Å². The molecule has 46 heavy (non-hydrogen) atoms. The Bertz CT molecular complexity index is 879. The molecule has 0 bridgehead atoms. The molecule has 18 heteroatoms. The molecule has 0 aromatic rings. The molecule has 18 nitrogen and oxygen atoms in total. The van der Waals surface area contributed by atoms with E-state index in [2.05, 4.69) is 4.74 Å². The largest absolute Gasteiger partial charge is 0.469 e. The fourth-order valence-electron chi connectivity index (χ4n) is 5.55. The molecule has 3 aliphatic rings. The van der Waals surface area contributed by atoms with Crippen LogP contribution in [-0.2, 0) is 38.0 Å². The van der Waals surface area contributed by atoms with Gasteiger partial charge in [0.05, 0.1) is 26.9 Å².